The average molecular weight is 375 g/mol. The smallest absolute Gasteiger partial charge is 0.341 e. The number of carbonyl (C=O) groups excluding carboxylic acids is 1. The minimum atomic E-state index is -0.295. The van der Waals surface area contributed by atoms with E-state index in [9.17, 15) is 4.79 Å². The number of fused-ring (bicyclic) bond motifs is 1. The first-order valence-electron chi connectivity index (χ1n) is 8.36. The molecule has 2 aromatic rings. The highest BCUT2D eigenvalue weighted by Crippen LogP contribution is 2.39. The van der Waals surface area contributed by atoms with Crippen LogP contribution in [0.2, 0.25) is 0 Å². The molecule has 3 rings (SSSR count). The van der Waals surface area contributed by atoms with Gasteiger partial charge in [-0.3, -0.25) is 0 Å². The summed E-state index contributed by atoms with van der Waals surface area (Å²) in [5.74, 6) is -0.295. The Morgan fingerprint density at radius 2 is 2.00 bits per heavy atom. The summed E-state index contributed by atoms with van der Waals surface area (Å²) in [5, 5.41) is 7.79. The van der Waals surface area contributed by atoms with Gasteiger partial charge >= 0.3 is 5.97 Å². The minimum absolute atomic E-state index is 0.0778. The number of aryl methyl sites for hydroxylation is 2. The fourth-order valence-electron chi connectivity index (χ4n) is 3.08. The van der Waals surface area contributed by atoms with E-state index in [4.69, 9.17) is 17.0 Å². The molecule has 4 nitrogen and oxygen atoms in total. The number of nitrogens with one attached hydrogen (secondary N) is 2. The first kappa shape index (κ1) is 17.9. The summed E-state index contributed by atoms with van der Waals surface area (Å²) in [6.07, 6.45) is 3.04. The molecule has 1 aliphatic rings. The minimum Gasteiger partial charge on any atom is -0.465 e. The van der Waals surface area contributed by atoms with E-state index in [1.165, 1.54) is 17.6 Å². The quantitative estimate of drug-likeness (QED) is 0.614. The SMILES string of the molecule is COC(=O)c1c(NC(=S)NC(C)c2ccc(C)cc2)sc2c1CCC2. The average Bonchev–Trinajstić information content (AvgIpc) is 3.15. The van der Waals surface area contributed by atoms with E-state index >= 15 is 0 Å². The third-order valence-electron chi connectivity index (χ3n) is 4.46. The van der Waals surface area contributed by atoms with Crippen molar-refractivity contribution in [2.45, 2.75) is 39.2 Å². The fraction of sp³-hybridized carbons (Fsp3) is 0.368. The molecule has 1 unspecified atom stereocenters. The van der Waals surface area contributed by atoms with E-state index in [0.29, 0.717) is 10.7 Å². The standard InChI is InChI=1S/C19H22N2O2S2/c1-11-7-9-13(10-8-11)12(2)20-19(24)21-17-16(18(22)23-3)14-5-4-6-15(14)25-17/h7-10,12H,4-6H2,1-3H3,(H2,20,21,24). The van der Waals surface area contributed by atoms with Crippen LogP contribution in [0.5, 0.6) is 0 Å². The Kier molecular flexibility index (Phi) is 5.39. The fourth-order valence-corrected chi connectivity index (χ4v) is 4.71. The van der Waals surface area contributed by atoms with Gasteiger partial charge < -0.3 is 15.4 Å². The van der Waals surface area contributed by atoms with Gasteiger partial charge in [0.25, 0.3) is 0 Å². The molecule has 1 aliphatic carbocycles. The van der Waals surface area contributed by atoms with Crippen LogP contribution in [0, 0.1) is 6.92 Å². The molecule has 1 atom stereocenters. The molecule has 0 spiro atoms. The summed E-state index contributed by atoms with van der Waals surface area (Å²) < 4.78 is 4.97. The molecule has 2 N–H and O–H groups in total. The Balaban J connectivity index is 1.73. The van der Waals surface area contributed by atoms with E-state index in [-0.39, 0.29) is 12.0 Å². The van der Waals surface area contributed by atoms with Crippen molar-refractivity contribution in [3.63, 3.8) is 0 Å². The van der Waals surface area contributed by atoms with Gasteiger partial charge in [0.15, 0.2) is 5.11 Å². The van der Waals surface area contributed by atoms with Crippen LogP contribution < -0.4 is 10.6 Å². The summed E-state index contributed by atoms with van der Waals surface area (Å²) in [5.41, 5.74) is 4.16. The number of benzene rings is 1. The first-order chi connectivity index (χ1) is 12.0. The van der Waals surface area contributed by atoms with Crippen molar-refractivity contribution in [3.05, 3.63) is 51.4 Å². The number of thiocarbonyl (C=S) groups is 1. The first-order valence-corrected chi connectivity index (χ1v) is 9.59. The highest BCUT2D eigenvalue weighted by atomic mass is 32.1. The molecule has 6 heteroatoms. The van der Waals surface area contributed by atoms with Gasteiger partial charge in [0.2, 0.25) is 0 Å². The van der Waals surface area contributed by atoms with Gasteiger partial charge in [-0.15, -0.1) is 11.3 Å². The van der Waals surface area contributed by atoms with Crippen molar-refractivity contribution < 1.29 is 9.53 Å². The molecule has 0 saturated carbocycles. The zero-order chi connectivity index (χ0) is 18.0. The molecule has 0 amide bonds. The molecule has 0 radical (unpaired) electrons. The highest BCUT2D eigenvalue weighted by Gasteiger charge is 2.27. The summed E-state index contributed by atoms with van der Waals surface area (Å²) in [7, 11) is 1.42. The summed E-state index contributed by atoms with van der Waals surface area (Å²) in [6.45, 7) is 4.13. The second-order valence-electron chi connectivity index (χ2n) is 6.28. The van der Waals surface area contributed by atoms with Crippen molar-refractivity contribution in [3.8, 4) is 0 Å². The third-order valence-corrected chi connectivity index (χ3v) is 5.89. The van der Waals surface area contributed by atoms with Crippen LogP contribution in [0.25, 0.3) is 0 Å². The van der Waals surface area contributed by atoms with Crippen LogP contribution in [0.1, 0.15) is 51.3 Å². The maximum Gasteiger partial charge on any atom is 0.341 e. The van der Waals surface area contributed by atoms with Crippen molar-refractivity contribution in [1.29, 1.82) is 0 Å². The molecule has 0 saturated heterocycles. The summed E-state index contributed by atoms with van der Waals surface area (Å²) in [4.78, 5) is 13.5. The third kappa shape index (κ3) is 3.85. The van der Waals surface area contributed by atoms with Crippen molar-refractivity contribution in [2.75, 3.05) is 12.4 Å². The Labute approximate surface area is 157 Å². The lowest BCUT2D eigenvalue weighted by Gasteiger charge is -2.17. The maximum atomic E-state index is 12.2. The van der Waals surface area contributed by atoms with Crippen molar-refractivity contribution in [1.82, 2.24) is 5.32 Å². The van der Waals surface area contributed by atoms with Gasteiger partial charge in [-0.25, -0.2) is 4.79 Å². The molecule has 0 fully saturated rings. The van der Waals surface area contributed by atoms with Crippen LogP contribution in [-0.2, 0) is 17.6 Å². The van der Waals surface area contributed by atoms with Crippen LogP contribution in [0.15, 0.2) is 24.3 Å². The number of carbonyl (C=O) groups is 1. The predicted molar refractivity (Wildman–Crippen MR) is 107 cm³/mol. The van der Waals surface area contributed by atoms with Gasteiger partial charge in [0.05, 0.1) is 18.7 Å². The number of hydrogen-bond acceptors (Lipinski definition) is 4. The van der Waals surface area contributed by atoms with E-state index < -0.39 is 0 Å². The molecule has 1 heterocycles. The summed E-state index contributed by atoms with van der Waals surface area (Å²) >= 11 is 7.07. The van der Waals surface area contributed by atoms with Crippen LogP contribution in [0.3, 0.4) is 0 Å². The predicted octanol–water partition coefficient (Wildman–Crippen LogP) is 4.38. The molecular formula is C19H22N2O2S2. The van der Waals surface area contributed by atoms with Crippen LogP contribution in [0.4, 0.5) is 5.00 Å². The number of ether oxygens (including phenoxy) is 1. The molecule has 1 aromatic carbocycles. The lowest BCUT2D eigenvalue weighted by atomic mass is 10.1. The Morgan fingerprint density at radius 3 is 2.68 bits per heavy atom. The number of hydrogen-bond donors (Lipinski definition) is 2. The lowest BCUT2D eigenvalue weighted by Crippen LogP contribution is -2.31. The van der Waals surface area contributed by atoms with Gasteiger partial charge in [0.1, 0.15) is 5.00 Å². The van der Waals surface area contributed by atoms with Gasteiger partial charge in [-0.1, -0.05) is 29.8 Å². The monoisotopic (exact) mass is 374 g/mol. The Morgan fingerprint density at radius 1 is 1.28 bits per heavy atom. The number of methoxy groups -OCH3 is 1. The zero-order valence-corrected chi connectivity index (χ0v) is 16.3. The Hall–Kier alpha value is -1.92. The molecular weight excluding hydrogens is 352 g/mol. The van der Waals surface area contributed by atoms with Crippen LogP contribution >= 0.6 is 23.6 Å². The number of thiophene rings is 1. The molecule has 132 valence electrons. The second kappa shape index (κ2) is 7.54. The lowest BCUT2D eigenvalue weighted by molar-refractivity contribution is 0.0601. The molecule has 0 aliphatic heterocycles. The van der Waals surface area contributed by atoms with E-state index in [1.807, 2.05) is 0 Å². The molecule has 25 heavy (non-hydrogen) atoms. The van der Waals surface area contributed by atoms with Crippen LogP contribution in [-0.4, -0.2) is 18.2 Å². The van der Waals surface area contributed by atoms with Gasteiger partial charge in [0, 0.05) is 4.88 Å². The highest BCUT2D eigenvalue weighted by molar-refractivity contribution is 7.80. The molecule has 1 aromatic heterocycles. The van der Waals surface area contributed by atoms with E-state index in [0.717, 1.165) is 35.4 Å². The van der Waals surface area contributed by atoms with E-state index in [1.54, 1.807) is 11.3 Å². The van der Waals surface area contributed by atoms with E-state index in [2.05, 4.69) is 48.7 Å². The number of anilines is 1. The van der Waals surface area contributed by atoms with Gasteiger partial charge in [-0.2, -0.15) is 0 Å². The zero-order valence-electron chi connectivity index (χ0n) is 14.6. The summed E-state index contributed by atoms with van der Waals surface area (Å²) in [6, 6.07) is 8.44. The largest absolute Gasteiger partial charge is 0.465 e. The number of rotatable bonds is 4. The Bertz CT molecular complexity index is 797. The normalized spacial score (nSPS) is 13.9. The molecule has 0 bridgehead atoms. The maximum absolute atomic E-state index is 12.2. The number of esters is 1. The van der Waals surface area contributed by atoms with Gasteiger partial charge in [-0.05, 0) is 56.5 Å². The van der Waals surface area contributed by atoms with Crippen molar-refractivity contribution >= 4 is 39.6 Å². The topological polar surface area (TPSA) is 50.4 Å². The second-order valence-corrected chi connectivity index (χ2v) is 7.80. The van der Waals surface area contributed by atoms with Crippen molar-refractivity contribution in [2.24, 2.45) is 0 Å².